The van der Waals surface area contributed by atoms with E-state index in [9.17, 15) is 5.11 Å². The second-order valence-corrected chi connectivity index (χ2v) is 6.92. The van der Waals surface area contributed by atoms with E-state index in [1.54, 1.807) is 23.5 Å². The largest absolute Gasteiger partial charge is 0.507 e. The lowest BCUT2D eigenvalue weighted by Gasteiger charge is -1.97. The minimum atomic E-state index is 0.279. The maximum Gasteiger partial charge on any atom is 0.166 e. The Morgan fingerprint density at radius 3 is 2.82 bits per heavy atom. The zero-order valence-electron chi connectivity index (χ0n) is 11.6. The number of phenolic OH excluding ortho intramolecular Hbond substituents is 1. The lowest BCUT2D eigenvalue weighted by molar-refractivity contribution is 0.482. The molecule has 0 saturated carbocycles. The number of nitrogens with zero attached hydrogens (tertiary/aromatic N) is 3. The zero-order chi connectivity index (χ0) is 15.1. The van der Waals surface area contributed by atoms with Crippen molar-refractivity contribution in [3.05, 3.63) is 47.3 Å². The van der Waals surface area contributed by atoms with E-state index in [0.29, 0.717) is 0 Å². The van der Waals surface area contributed by atoms with Crippen LogP contribution in [0.2, 0.25) is 0 Å². The Labute approximate surface area is 134 Å². The number of azo groups is 1. The molecule has 108 valence electrons. The number of fused-ring (bicyclic) bond motifs is 2. The van der Waals surface area contributed by atoms with Crippen LogP contribution in [0, 0.1) is 6.92 Å². The molecule has 0 amide bonds. The van der Waals surface area contributed by atoms with Crippen LogP contribution in [0.15, 0.2) is 52.7 Å². The predicted octanol–water partition coefficient (Wildman–Crippen LogP) is 5.94. The molecule has 0 aliphatic rings. The molecule has 0 spiro atoms. The summed E-state index contributed by atoms with van der Waals surface area (Å²) in [7, 11) is 0. The van der Waals surface area contributed by atoms with Crippen molar-refractivity contribution < 1.29 is 5.11 Å². The fourth-order valence-corrected chi connectivity index (χ4v) is 4.02. The van der Waals surface area contributed by atoms with Crippen LogP contribution >= 0.6 is 22.9 Å². The molecular weight excluding hydrogens is 314 g/mol. The highest BCUT2D eigenvalue weighted by Crippen LogP contribution is 2.40. The molecular formula is C16H11N3OS2. The first kappa shape index (κ1) is 13.4. The summed E-state index contributed by atoms with van der Waals surface area (Å²) in [6.07, 6.45) is 0. The number of aromatic nitrogens is 1. The topological polar surface area (TPSA) is 57.8 Å². The smallest absolute Gasteiger partial charge is 0.166 e. The van der Waals surface area contributed by atoms with Crippen LogP contribution in [0.1, 0.15) is 4.88 Å². The van der Waals surface area contributed by atoms with Crippen molar-refractivity contribution >= 4 is 54.5 Å². The van der Waals surface area contributed by atoms with Gasteiger partial charge in [0.05, 0.1) is 10.2 Å². The summed E-state index contributed by atoms with van der Waals surface area (Å²) >= 11 is 2.95. The Hall–Kier alpha value is -2.31. The first-order valence-corrected chi connectivity index (χ1v) is 8.29. The van der Waals surface area contributed by atoms with Gasteiger partial charge in [0.15, 0.2) is 5.00 Å². The van der Waals surface area contributed by atoms with Crippen molar-refractivity contribution in [3.63, 3.8) is 0 Å². The van der Waals surface area contributed by atoms with Crippen LogP contribution in [-0.4, -0.2) is 9.48 Å². The van der Waals surface area contributed by atoms with Crippen LogP contribution in [0.3, 0.4) is 0 Å². The van der Waals surface area contributed by atoms with Crippen LogP contribution in [0.5, 0.6) is 5.75 Å². The molecule has 2 aromatic heterocycles. The molecule has 6 heteroatoms. The fourth-order valence-electron chi connectivity index (χ4n) is 2.34. The molecule has 0 atom stereocenters. The van der Waals surface area contributed by atoms with E-state index in [1.807, 2.05) is 37.3 Å². The van der Waals surface area contributed by atoms with Gasteiger partial charge in [-0.2, -0.15) is 4.37 Å². The van der Waals surface area contributed by atoms with Crippen molar-refractivity contribution in [1.29, 1.82) is 0 Å². The first-order chi connectivity index (χ1) is 10.7. The summed E-state index contributed by atoms with van der Waals surface area (Å²) in [5, 5.41) is 21.3. The summed E-state index contributed by atoms with van der Waals surface area (Å²) in [5.41, 5.74) is 1.70. The van der Waals surface area contributed by atoms with Crippen LogP contribution in [0.4, 0.5) is 10.7 Å². The van der Waals surface area contributed by atoms with Gasteiger partial charge in [0.1, 0.15) is 11.4 Å². The second-order valence-electron chi connectivity index (χ2n) is 4.91. The van der Waals surface area contributed by atoms with Gasteiger partial charge in [0.25, 0.3) is 0 Å². The van der Waals surface area contributed by atoms with Crippen LogP contribution in [0.25, 0.3) is 21.0 Å². The second kappa shape index (κ2) is 5.15. The van der Waals surface area contributed by atoms with Gasteiger partial charge in [0, 0.05) is 15.6 Å². The van der Waals surface area contributed by atoms with Crippen molar-refractivity contribution in [2.45, 2.75) is 6.92 Å². The number of benzene rings is 2. The van der Waals surface area contributed by atoms with E-state index in [-0.39, 0.29) is 5.75 Å². The summed E-state index contributed by atoms with van der Waals surface area (Å²) in [6.45, 7) is 2.02. The first-order valence-electron chi connectivity index (χ1n) is 6.70. The average Bonchev–Trinajstić information content (AvgIpc) is 3.11. The monoisotopic (exact) mass is 325 g/mol. The Morgan fingerprint density at radius 2 is 1.91 bits per heavy atom. The number of hydrogen-bond donors (Lipinski definition) is 1. The molecule has 4 rings (SSSR count). The number of thiophene rings is 1. The normalized spacial score (nSPS) is 11.9. The third-order valence-corrected chi connectivity index (χ3v) is 5.21. The number of phenols is 1. The number of aromatic hydroxyl groups is 1. The Balaban J connectivity index is 1.82. The Bertz CT molecular complexity index is 1020. The standard InChI is InChI=1S/C16H11N3OS2/c1-9-8-11-14(20)7-6-13(15(11)21-9)17-18-16-10-4-2-3-5-12(10)19-22-16/h2-8,20H,1H3/b18-17+. The van der Waals surface area contributed by atoms with Gasteiger partial charge >= 0.3 is 0 Å². The Morgan fingerprint density at radius 1 is 1.05 bits per heavy atom. The van der Waals surface area contributed by atoms with E-state index in [2.05, 4.69) is 14.6 Å². The molecule has 0 fully saturated rings. The maximum absolute atomic E-state index is 9.93. The van der Waals surface area contributed by atoms with Gasteiger partial charge in [0.2, 0.25) is 0 Å². The average molecular weight is 325 g/mol. The highest BCUT2D eigenvalue weighted by Gasteiger charge is 2.09. The molecule has 0 aliphatic heterocycles. The minimum absolute atomic E-state index is 0.279. The van der Waals surface area contributed by atoms with Crippen LogP contribution < -0.4 is 0 Å². The summed E-state index contributed by atoms with van der Waals surface area (Å²) < 4.78 is 5.32. The molecule has 2 heterocycles. The van der Waals surface area contributed by atoms with E-state index in [1.165, 1.54) is 11.5 Å². The lowest BCUT2D eigenvalue weighted by Crippen LogP contribution is -1.68. The van der Waals surface area contributed by atoms with E-state index >= 15 is 0 Å². The third kappa shape index (κ3) is 2.17. The van der Waals surface area contributed by atoms with E-state index in [0.717, 1.165) is 36.6 Å². The highest BCUT2D eigenvalue weighted by atomic mass is 32.1. The minimum Gasteiger partial charge on any atom is -0.507 e. The summed E-state index contributed by atoms with van der Waals surface area (Å²) in [5.74, 6) is 0.279. The summed E-state index contributed by atoms with van der Waals surface area (Å²) in [4.78, 5) is 1.14. The van der Waals surface area contributed by atoms with Gasteiger partial charge < -0.3 is 5.11 Å². The Kier molecular flexibility index (Phi) is 3.13. The van der Waals surface area contributed by atoms with Crippen LogP contribution in [-0.2, 0) is 0 Å². The summed E-state index contributed by atoms with van der Waals surface area (Å²) in [6, 6.07) is 13.3. The van der Waals surface area contributed by atoms with Crippen molar-refractivity contribution in [2.24, 2.45) is 10.2 Å². The number of hydrogen-bond acceptors (Lipinski definition) is 6. The number of aryl methyl sites for hydroxylation is 1. The molecule has 0 aliphatic carbocycles. The molecule has 0 unspecified atom stereocenters. The fraction of sp³-hybridized carbons (Fsp3) is 0.0625. The molecule has 0 saturated heterocycles. The molecule has 0 bridgehead atoms. The van der Waals surface area contributed by atoms with Gasteiger partial charge in [-0.1, -0.05) is 12.1 Å². The van der Waals surface area contributed by atoms with Gasteiger partial charge in [-0.25, -0.2) is 0 Å². The molecule has 0 radical (unpaired) electrons. The predicted molar refractivity (Wildman–Crippen MR) is 92.0 cm³/mol. The van der Waals surface area contributed by atoms with Gasteiger partial charge in [-0.3, -0.25) is 0 Å². The zero-order valence-corrected chi connectivity index (χ0v) is 13.3. The van der Waals surface area contributed by atoms with Gasteiger partial charge in [-0.05, 0) is 48.8 Å². The molecule has 4 aromatic rings. The third-order valence-electron chi connectivity index (χ3n) is 3.38. The van der Waals surface area contributed by atoms with E-state index < -0.39 is 0 Å². The number of rotatable bonds is 2. The SMILES string of the molecule is Cc1cc2c(O)ccc(/N=N/c3snc4ccccc34)c2s1. The van der Waals surface area contributed by atoms with Gasteiger partial charge in [-0.15, -0.1) is 21.6 Å². The van der Waals surface area contributed by atoms with Crippen molar-refractivity contribution in [2.75, 3.05) is 0 Å². The van der Waals surface area contributed by atoms with Crippen molar-refractivity contribution in [3.8, 4) is 5.75 Å². The molecule has 22 heavy (non-hydrogen) atoms. The molecule has 1 N–H and O–H groups in total. The molecule has 4 nitrogen and oxygen atoms in total. The van der Waals surface area contributed by atoms with Crippen molar-refractivity contribution in [1.82, 2.24) is 4.37 Å². The maximum atomic E-state index is 9.93. The van der Waals surface area contributed by atoms with E-state index in [4.69, 9.17) is 0 Å². The quantitative estimate of drug-likeness (QED) is 0.464. The highest BCUT2D eigenvalue weighted by molar-refractivity contribution is 7.19. The molecule has 2 aromatic carbocycles. The lowest BCUT2D eigenvalue weighted by atomic mass is 10.2.